The molecule has 0 amide bonds. The van der Waals surface area contributed by atoms with Crippen LogP contribution in [0, 0.1) is 5.92 Å². The summed E-state index contributed by atoms with van der Waals surface area (Å²) < 4.78 is 61.6. The van der Waals surface area contributed by atoms with Gasteiger partial charge in [-0.15, -0.1) is 0 Å². The Morgan fingerprint density at radius 3 is 1.93 bits per heavy atom. The maximum Gasteiger partial charge on any atom is 0.184 e. The number of hydrogen-bond acceptors (Lipinski definition) is 8. The molecule has 3 aromatic rings. The lowest BCUT2D eigenvalue weighted by Gasteiger charge is -2.44. The molecule has 0 saturated carbocycles. The van der Waals surface area contributed by atoms with Crippen LogP contribution < -0.4 is 9.47 Å². The summed E-state index contributed by atoms with van der Waals surface area (Å²) in [6.45, 7) is 0.945. The predicted molar refractivity (Wildman–Crippen MR) is 150 cm³/mol. The highest BCUT2D eigenvalue weighted by molar-refractivity contribution is 7.91. The van der Waals surface area contributed by atoms with Crippen molar-refractivity contribution in [1.82, 2.24) is 0 Å². The van der Waals surface area contributed by atoms with Gasteiger partial charge in [0.05, 0.1) is 57.8 Å². The zero-order chi connectivity index (χ0) is 28.0. The van der Waals surface area contributed by atoms with Gasteiger partial charge in [-0.1, -0.05) is 54.6 Å². The second-order valence-electron chi connectivity index (χ2n) is 10.1. The van der Waals surface area contributed by atoms with E-state index in [1.54, 1.807) is 14.2 Å². The van der Waals surface area contributed by atoms with E-state index < -0.39 is 34.3 Å². The summed E-state index contributed by atoms with van der Waals surface area (Å²) in [5, 5.41) is 0. The Hall–Kier alpha value is -2.95. The fraction of sp³-hybridized carbons (Fsp3) is 0.419. The largest absolute Gasteiger partial charge is 0.497 e. The Morgan fingerprint density at radius 2 is 1.35 bits per heavy atom. The van der Waals surface area contributed by atoms with Crippen LogP contribution in [0.15, 0.2) is 78.9 Å². The monoisotopic (exact) mass is 568 g/mol. The van der Waals surface area contributed by atoms with Crippen molar-refractivity contribution in [1.29, 1.82) is 0 Å². The first-order valence-corrected chi connectivity index (χ1v) is 15.3. The topological polar surface area (TPSA) is 89.5 Å². The lowest BCUT2D eigenvalue weighted by molar-refractivity contribution is -0.284. The van der Waals surface area contributed by atoms with Crippen LogP contribution in [0.5, 0.6) is 11.5 Å². The Kier molecular flexibility index (Phi) is 9.39. The minimum absolute atomic E-state index is 0.0329. The second-order valence-corrected chi connectivity index (χ2v) is 12.4. The summed E-state index contributed by atoms with van der Waals surface area (Å²) in [6, 6.07) is 25.0. The Bertz CT molecular complexity index is 1310. The molecule has 2 heterocycles. The molecule has 0 radical (unpaired) electrons. The zero-order valence-electron chi connectivity index (χ0n) is 22.8. The van der Waals surface area contributed by atoms with Gasteiger partial charge in [0.25, 0.3) is 0 Å². The first-order chi connectivity index (χ1) is 19.4. The molecule has 0 aromatic heterocycles. The van der Waals surface area contributed by atoms with Gasteiger partial charge in [-0.2, -0.15) is 0 Å². The van der Waals surface area contributed by atoms with Gasteiger partial charge >= 0.3 is 0 Å². The average Bonchev–Trinajstić information content (AvgIpc) is 3.00. The number of rotatable bonds is 10. The molecule has 8 nitrogen and oxygen atoms in total. The third kappa shape index (κ3) is 7.21. The highest BCUT2D eigenvalue weighted by Gasteiger charge is 2.46. The van der Waals surface area contributed by atoms with Crippen LogP contribution in [0.1, 0.15) is 29.4 Å². The molecule has 2 fully saturated rings. The minimum atomic E-state index is -3.27. The normalized spacial score (nSPS) is 26.2. The van der Waals surface area contributed by atoms with Gasteiger partial charge in [0.1, 0.15) is 17.6 Å². The van der Waals surface area contributed by atoms with Crippen LogP contribution in [0.3, 0.4) is 0 Å². The highest BCUT2D eigenvalue weighted by atomic mass is 32.2. The molecule has 2 saturated heterocycles. The smallest absolute Gasteiger partial charge is 0.184 e. The van der Waals surface area contributed by atoms with Gasteiger partial charge < -0.3 is 28.4 Å². The van der Waals surface area contributed by atoms with Gasteiger partial charge in [-0.05, 0) is 41.8 Å². The number of methoxy groups -OCH3 is 2. The van der Waals surface area contributed by atoms with E-state index in [0.29, 0.717) is 19.6 Å². The molecule has 0 N–H and O–H groups in total. The van der Waals surface area contributed by atoms with Gasteiger partial charge in [-0.25, -0.2) is 8.42 Å². The Balaban J connectivity index is 1.36. The second kappa shape index (κ2) is 13.1. The van der Waals surface area contributed by atoms with E-state index in [-0.39, 0.29) is 24.2 Å². The molecule has 40 heavy (non-hydrogen) atoms. The van der Waals surface area contributed by atoms with Crippen LogP contribution in [0.4, 0.5) is 0 Å². The fourth-order valence-corrected chi connectivity index (χ4v) is 6.96. The quantitative estimate of drug-likeness (QED) is 0.347. The molecule has 0 bridgehead atoms. The lowest BCUT2D eigenvalue weighted by Crippen LogP contribution is -2.54. The van der Waals surface area contributed by atoms with E-state index in [1.807, 2.05) is 78.9 Å². The third-order valence-corrected chi connectivity index (χ3v) is 9.19. The molecule has 1 unspecified atom stereocenters. The molecule has 9 heteroatoms. The van der Waals surface area contributed by atoms with Crippen molar-refractivity contribution < 1.29 is 36.8 Å². The molecule has 5 atom stereocenters. The Morgan fingerprint density at radius 1 is 0.775 bits per heavy atom. The predicted octanol–water partition coefficient (Wildman–Crippen LogP) is 4.72. The summed E-state index contributed by atoms with van der Waals surface area (Å²) in [6.07, 6.45) is -1.58. The first kappa shape index (κ1) is 28.6. The zero-order valence-corrected chi connectivity index (χ0v) is 23.6. The summed E-state index contributed by atoms with van der Waals surface area (Å²) in [5.41, 5.74) is 2.82. The van der Waals surface area contributed by atoms with E-state index in [9.17, 15) is 8.42 Å². The van der Waals surface area contributed by atoms with Crippen molar-refractivity contribution in [2.75, 3.05) is 32.3 Å². The van der Waals surface area contributed by atoms with Crippen molar-refractivity contribution >= 4 is 9.84 Å². The maximum absolute atomic E-state index is 12.9. The standard InChI is InChI=1S/C31H36O8S/c1-34-25-12-8-22(9-13-25)18-36-28-16-17-40(32,33)21-27(28)30-29(37-19-23-10-14-26(35-2)15-11-23)20-38-31(39-30)24-6-4-3-5-7-24/h3-15,27-31H,16-21H2,1-2H3/t27-,28-,29-,30+,31?/m1/s1. The van der Waals surface area contributed by atoms with Gasteiger partial charge in [-0.3, -0.25) is 0 Å². The van der Waals surface area contributed by atoms with Gasteiger partial charge in [0.15, 0.2) is 16.1 Å². The summed E-state index contributed by atoms with van der Waals surface area (Å²) in [4.78, 5) is 0. The molecule has 5 rings (SSSR count). The molecular formula is C31H36O8S. The summed E-state index contributed by atoms with van der Waals surface area (Å²) in [7, 11) is -0.0197. The highest BCUT2D eigenvalue weighted by Crippen LogP contribution is 2.37. The van der Waals surface area contributed by atoms with Gasteiger partial charge in [0, 0.05) is 11.5 Å². The molecule has 2 aliphatic rings. The van der Waals surface area contributed by atoms with Crippen molar-refractivity contribution in [3.63, 3.8) is 0 Å². The van der Waals surface area contributed by atoms with E-state index in [4.69, 9.17) is 28.4 Å². The van der Waals surface area contributed by atoms with E-state index in [1.165, 1.54) is 0 Å². The minimum Gasteiger partial charge on any atom is -0.497 e. The first-order valence-electron chi connectivity index (χ1n) is 13.5. The van der Waals surface area contributed by atoms with Crippen LogP contribution in [-0.2, 0) is 42.0 Å². The van der Waals surface area contributed by atoms with Crippen LogP contribution in [0.2, 0.25) is 0 Å². The van der Waals surface area contributed by atoms with Gasteiger partial charge in [0.2, 0.25) is 0 Å². The van der Waals surface area contributed by atoms with Crippen molar-refractivity contribution in [2.24, 2.45) is 5.92 Å². The van der Waals surface area contributed by atoms with Crippen LogP contribution >= 0.6 is 0 Å². The molecular weight excluding hydrogens is 532 g/mol. The maximum atomic E-state index is 12.9. The number of hydrogen-bond donors (Lipinski definition) is 0. The third-order valence-electron chi connectivity index (χ3n) is 7.44. The van der Waals surface area contributed by atoms with Crippen molar-refractivity contribution in [3.8, 4) is 11.5 Å². The SMILES string of the molecule is COc1ccc(CO[C@@H]2CCS(=O)(=O)C[C@H]2[C@@H]2OC(c3ccccc3)OC[C@H]2OCc2ccc(OC)cc2)cc1. The molecule has 214 valence electrons. The molecule has 0 aliphatic carbocycles. The van der Waals surface area contributed by atoms with Crippen LogP contribution in [0.25, 0.3) is 0 Å². The van der Waals surface area contributed by atoms with Crippen LogP contribution in [-0.4, -0.2) is 59.1 Å². The number of benzene rings is 3. The molecule has 3 aromatic carbocycles. The Labute approximate surface area is 236 Å². The van der Waals surface area contributed by atoms with E-state index in [0.717, 1.165) is 28.2 Å². The summed E-state index contributed by atoms with van der Waals surface area (Å²) in [5.74, 6) is 1.16. The van der Waals surface area contributed by atoms with Crippen molar-refractivity contribution in [2.45, 2.75) is 44.2 Å². The van der Waals surface area contributed by atoms with Crippen molar-refractivity contribution in [3.05, 3.63) is 95.6 Å². The molecule has 0 spiro atoms. The average molecular weight is 569 g/mol. The number of sulfone groups is 1. The van der Waals surface area contributed by atoms with E-state index >= 15 is 0 Å². The molecule has 2 aliphatic heterocycles. The summed E-state index contributed by atoms with van der Waals surface area (Å²) >= 11 is 0. The fourth-order valence-electron chi connectivity index (χ4n) is 5.21. The lowest BCUT2D eigenvalue weighted by atomic mass is 9.90. The number of ether oxygens (including phenoxy) is 6. The van der Waals surface area contributed by atoms with E-state index in [2.05, 4.69) is 0 Å².